The summed E-state index contributed by atoms with van der Waals surface area (Å²) in [5, 5.41) is 2.84. The van der Waals surface area contributed by atoms with E-state index in [2.05, 4.69) is 12.2 Å². The maximum atomic E-state index is 10.6. The highest BCUT2D eigenvalue weighted by molar-refractivity contribution is 7.99. The lowest BCUT2D eigenvalue weighted by atomic mass is 10.3. The molecule has 3 N–H and O–H groups in total. The van der Waals surface area contributed by atoms with Gasteiger partial charge in [0.05, 0.1) is 6.04 Å². The van der Waals surface area contributed by atoms with E-state index in [1.165, 1.54) is 0 Å². The minimum Gasteiger partial charge on any atom is -0.368 e. The van der Waals surface area contributed by atoms with Crippen molar-refractivity contribution in [1.82, 2.24) is 5.32 Å². The Kier molecular flexibility index (Phi) is 5.43. The van der Waals surface area contributed by atoms with Gasteiger partial charge in [-0.25, -0.2) is 0 Å². The second-order valence-corrected chi connectivity index (χ2v) is 3.22. The first kappa shape index (κ1) is 9.78. The quantitative estimate of drug-likeness (QED) is 0.589. The van der Waals surface area contributed by atoms with Crippen molar-refractivity contribution in [3.8, 4) is 0 Å². The number of rotatable bonds is 5. The lowest BCUT2D eigenvalue weighted by Gasteiger charge is -2.09. The molecule has 0 aromatic rings. The normalized spacial score (nSPS) is 13.0. The van der Waals surface area contributed by atoms with Crippen LogP contribution in [0.25, 0.3) is 0 Å². The van der Waals surface area contributed by atoms with E-state index in [-0.39, 0.29) is 11.9 Å². The van der Waals surface area contributed by atoms with Crippen molar-refractivity contribution in [3.63, 3.8) is 0 Å². The van der Waals surface area contributed by atoms with Crippen LogP contribution < -0.4 is 11.1 Å². The molecule has 0 saturated heterocycles. The Hall–Kier alpha value is -0.220. The third kappa shape index (κ3) is 3.74. The molecule has 1 atom stereocenters. The summed E-state index contributed by atoms with van der Waals surface area (Å²) < 4.78 is 0. The van der Waals surface area contributed by atoms with Crippen LogP contribution >= 0.6 is 11.8 Å². The molecular formula is C6H14N2OS. The minimum absolute atomic E-state index is 0.176. The molecule has 0 aromatic carbocycles. The zero-order valence-corrected chi connectivity index (χ0v) is 7.20. The molecule has 0 unspecified atom stereocenters. The van der Waals surface area contributed by atoms with Crippen LogP contribution in [-0.2, 0) is 4.79 Å². The molecule has 0 aliphatic heterocycles. The van der Waals surface area contributed by atoms with Crippen molar-refractivity contribution in [1.29, 1.82) is 0 Å². The topological polar surface area (TPSA) is 55.1 Å². The zero-order chi connectivity index (χ0) is 7.98. The Labute approximate surface area is 65.7 Å². The van der Waals surface area contributed by atoms with Gasteiger partial charge in [-0.05, 0) is 12.8 Å². The van der Waals surface area contributed by atoms with Gasteiger partial charge in [0.1, 0.15) is 0 Å². The van der Waals surface area contributed by atoms with Crippen LogP contribution in [0.2, 0.25) is 0 Å². The standard InChI is InChI=1S/C6H14N2OS/c1-3-10-4-5(8-2)6(7)9/h5,8H,3-4H2,1-2H3,(H2,7,9)/t5-/m0/s1. The number of nitrogens with two attached hydrogens (primary N) is 1. The maximum Gasteiger partial charge on any atom is 0.235 e. The van der Waals surface area contributed by atoms with Gasteiger partial charge in [-0.1, -0.05) is 6.92 Å². The Bertz CT molecular complexity index is 108. The van der Waals surface area contributed by atoms with Gasteiger partial charge in [-0.2, -0.15) is 11.8 Å². The number of carbonyl (C=O) groups excluding carboxylic acids is 1. The number of thioether (sulfide) groups is 1. The van der Waals surface area contributed by atoms with Gasteiger partial charge in [-0.3, -0.25) is 4.79 Å². The number of nitrogens with one attached hydrogen (secondary N) is 1. The first-order valence-corrected chi connectivity index (χ1v) is 4.42. The number of hydrogen-bond acceptors (Lipinski definition) is 3. The van der Waals surface area contributed by atoms with Crippen LogP contribution in [0.15, 0.2) is 0 Å². The Balaban J connectivity index is 3.50. The van der Waals surface area contributed by atoms with E-state index in [1.807, 2.05) is 0 Å². The van der Waals surface area contributed by atoms with E-state index in [9.17, 15) is 4.79 Å². The third-order valence-electron chi connectivity index (χ3n) is 1.18. The lowest BCUT2D eigenvalue weighted by molar-refractivity contribution is -0.119. The van der Waals surface area contributed by atoms with Crippen molar-refractivity contribution >= 4 is 17.7 Å². The second-order valence-electron chi connectivity index (χ2n) is 1.90. The molecule has 0 aromatic heterocycles. The van der Waals surface area contributed by atoms with Gasteiger partial charge >= 0.3 is 0 Å². The predicted octanol–water partition coefficient (Wildman–Crippen LogP) is -0.187. The molecule has 0 rings (SSSR count). The van der Waals surface area contributed by atoms with E-state index >= 15 is 0 Å². The fourth-order valence-corrected chi connectivity index (χ4v) is 1.35. The summed E-state index contributed by atoms with van der Waals surface area (Å²) in [6, 6.07) is -0.176. The molecule has 10 heavy (non-hydrogen) atoms. The van der Waals surface area contributed by atoms with Crippen molar-refractivity contribution in [2.45, 2.75) is 13.0 Å². The number of primary amides is 1. The van der Waals surface area contributed by atoms with Crippen molar-refractivity contribution in [2.75, 3.05) is 18.6 Å². The van der Waals surface area contributed by atoms with Crippen LogP contribution in [0.3, 0.4) is 0 Å². The largest absolute Gasteiger partial charge is 0.368 e. The molecule has 0 bridgehead atoms. The monoisotopic (exact) mass is 162 g/mol. The molecule has 60 valence electrons. The number of hydrogen-bond donors (Lipinski definition) is 2. The number of likely N-dealkylation sites (N-methyl/N-ethyl adjacent to an activating group) is 1. The highest BCUT2D eigenvalue weighted by atomic mass is 32.2. The summed E-state index contributed by atoms with van der Waals surface area (Å²) in [6.07, 6.45) is 0. The van der Waals surface area contributed by atoms with Crippen LogP contribution in [0.1, 0.15) is 6.92 Å². The molecule has 0 fully saturated rings. The van der Waals surface area contributed by atoms with Gasteiger partial charge < -0.3 is 11.1 Å². The van der Waals surface area contributed by atoms with Crippen molar-refractivity contribution < 1.29 is 4.79 Å². The molecule has 1 amide bonds. The summed E-state index contributed by atoms with van der Waals surface area (Å²) in [6.45, 7) is 2.05. The van der Waals surface area contributed by atoms with Crippen LogP contribution in [0.4, 0.5) is 0 Å². The Morgan fingerprint density at radius 3 is 2.70 bits per heavy atom. The van der Waals surface area contributed by atoms with Crippen molar-refractivity contribution in [2.24, 2.45) is 5.73 Å². The van der Waals surface area contributed by atoms with Crippen molar-refractivity contribution in [3.05, 3.63) is 0 Å². The summed E-state index contributed by atoms with van der Waals surface area (Å²) >= 11 is 1.71. The van der Waals surface area contributed by atoms with Gasteiger partial charge in [0, 0.05) is 5.75 Å². The highest BCUT2D eigenvalue weighted by Crippen LogP contribution is 2.00. The summed E-state index contributed by atoms with van der Waals surface area (Å²) in [5.41, 5.74) is 5.07. The van der Waals surface area contributed by atoms with E-state index in [4.69, 9.17) is 5.73 Å². The zero-order valence-electron chi connectivity index (χ0n) is 6.39. The van der Waals surface area contributed by atoms with Crippen LogP contribution in [0.5, 0.6) is 0 Å². The lowest BCUT2D eigenvalue weighted by Crippen LogP contribution is -2.41. The van der Waals surface area contributed by atoms with Gasteiger partial charge in [0.25, 0.3) is 0 Å². The molecule has 0 saturated carbocycles. The summed E-state index contributed by atoms with van der Waals surface area (Å²) in [5.74, 6) is 1.51. The van der Waals surface area contributed by atoms with E-state index < -0.39 is 0 Å². The van der Waals surface area contributed by atoms with Crippen LogP contribution in [-0.4, -0.2) is 30.5 Å². The molecule has 0 spiro atoms. The first-order valence-electron chi connectivity index (χ1n) is 3.26. The number of carbonyl (C=O) groups is 1. The fraction of sp³-hybridized carbons (Fsp3) is 0.833. The molecule has 0 aliphatic carbocycles. The summed E-state index contributed by atoms with van der Waals surface area (Å²) in [4.78, 5) is 10.6. The van der Waals surface area contributed by atoms with Gasteiger partial charge in [-0.15, -0.1) is 0 Å². The van der Waals surface area contributed by atoms with Gasteiger partial charge in [0.15, 0.2) is 0 Å². The Morgan fingerprint density at radius 1 is 1.80 bits per heavy atom. The molecule has 3 nitrogen and oxygen atoms in total. The molecular weight excluding hydrogens is 148 g/mol. The Morgan fingerprint density at radius 2 is 2.40 bits per heavy atom. The van der Waals surface area contributed by atoms with Crippen LogP contribution in [0, 0.1) is 0 Å². The van der Waals surface area contributed by atoms with E-state index in [0.717, 1.165) is 11.5 Å². The SMILES string of the molecule is CCSC[C@H](NC)C(N)=O. The van der Waals surface area contributed by atoms with E-state index in [0.29, 0.717) is 0 Å². The smallest absolute Gasteiger partial charge is 0.235 e. The highest BCUT2D eigenvalue weighted by Gasteiger charge is 2.10. The second kappa shape index (κ2) is 5.56. The molecule has 0 radical (unpaired) electrons. The molecule has 0 heterocycles. The molecule has 0 aliphatic rings. The number of amides is 1. The molecule has 4 heteroatoms. The fourth-order valence-electron chi connectivity index (χ4n) is 0.543. The van der Waals surface area contributed by atoms with Gasteiger partial charge in [0.2, 0.25) is 5.91 Å². The van der Waals surface area contributed by atoms with E-state index in [1.54, 1.807) is 18.8 Å². The predicted molar refractivity (Wildman–Crippen MR) is 45.0 cm³/mol. The third-order valence-corrected chi connectivity index (χ3v) is 2.16. The average molecular weight is 162 g/mol. The first-order chi connectivity index (χ1) is 4.72. The minimum atomic E-state index is -0.275. The summed E-state index contributed by atoms with van der Waals surface area (Å²) in [7, 11) is 1.74. The average Bonchev–Trinajstić information content (AvgIpc) is 1.89. The maximum absolute atomic E-state index is 10.6.